The molecule has 0 aromatic carbocycles. The smallest absolute Gasteiger partial charge is 0.408 e. The molecule has 4 aliphatic heterocycles. The molecule has 9 rings (SSSR count). The van der Waals surface area contributed by atoms with Crippen molar-refractivity contribution < 1.29 is 33.6 Å². The highest BCUT2D eigenvalue weighted by Crippen LogP contribution is 2.89. The number of aliphatic hydroxyl groups excluding tert-OH is 1. The molecule has 0 aromatic heterocycles. The predicted molar refractivity (Wildman–Crippen MR) is 174 cm³/mol. The topological polar surface area (TPSA) is 98.7 Å². The number of carbonyl (C=O) groups excluding carboxylic acids is 1. The number of carbonyl (C=O) groups is 1. The van der Waals surface area contributed by atoms with Crippen LogP contribution < -0.4 is 5.32 Å². The van der Waals surface area contributed by atoms with Crippen molar-refractivity contribution in [2.75, 3.05) is 32.9 Å². The summed E-state index contributed by atoms with van der Waals surface area (Å²) in [6, 6.07) is 0.308. The summed E-state index contributed by atoms with van der Waals surface area (Å²) >= 11 is 0. The van der Waals surface area contributed by atoms with Crippen LogP contribution in [0, 0.1) is 50.7 Å². The zero-order valence-corrected chi connectivity index (χ0v) is 29.9. The maximum Gasteiger partial charge on any atom is 0.408 e. The van der Waals surface area contributed by atoms with E-state index in [1.165, 1.54) is 32.1 Å². The van der Waals surface area contributed by atoms with E-state index in [4.69, 9.17) is 23.7 Å². The summed E-state index contributed by atoms with van der Waals surface area (Å²) in [6.07, 6.45) is 8.15. The molecule has 4 heterocycles. The molecule has 9 aliphatic rings. The van der Waals surface area contributed by atoms with Gasteiger partial charge in [-0.3, -0.25) is 4.90 Å². The number of nitrogens with zero attached hydrogens (tertiary/aromatic N) is 1. The molecule has 9 heteroatoms. The standard InChI is InChI=1S/C38H60N2O7/c1-21-16-23(30-34(4,5)47-32(42)39-30)45-29-28(21)35(6)12-13-38-20-37(38)11-10-26(46-27-17-40(14-15-44-27)22-18-43-19-22)33(2,3)24(37)8-9-25(38)36(35,7)31(29)41/h21-31,41H,8-20H2,1-7H3,(H,39,42). The second-order valence-electron chi connectivity index (χ2n) is 19.3. The molecule has 9 fully saturated rings. The minimum absolute atomic E-state index is 0.0183. The van der Waals surface area contributed by atoms with Crippen LogP contribution in [0.3, 0.4) is 0 Å². The molecule has 5 aliphatic carbocycles. The Labute approximate surface area is 281 Å². The predicted octanol–water partition coefficient (Wildman–Crippen LogP) is 5.13. The molecule has 14 atom stereocenters. The van der Waals surface area contributed by atoms with Gasteiger partial charge in [0.15, 0.2) is 6.29 Å². The second-order valence-corrected chi connectivity index (χ2v) is 19.3. The average Bonchev–Trinajstić information content (AvgIpc) is 3.50. The summed E-state index contributed by atoms with van der Waals surface area (Å²) in [5, 5.41) is 15.6. The van der Waals surface area contributed by atoms with Crippen LogP contribution in [-0.2, 0) is 23.7 Å². The van der Waals surface area contributed by atoms with Crippen molar-refractivity contribution in [2.24, 2.45) is 50.7 Å². The normalized spacial score (nSPS) is 56.1. The molecule has 4 saturated heterocycles. The van der Waals surface area contributed by atoms with E-state index >= 15 is 0 Å². The first-order valence-electron chi connectivity index (χ1n) is 19.1. The quantitative estimate of drug-likeness (QED) is 0.430. The number of hydrogen-bond donors (Lipinski definition) is 2. The first-order chi connectivity index (χ1) is 22.2. The number of ether oxygens (including phenoxy) is 5. The van der Waals surface area contributed by atoms with Gasteiger partial charge in [-0.05, 0) is 111 Å². The van der Waals surface area contributed by atoms with Crippen LogP contribution in [0.2, 0.25) is 0 Å². The summed E-state index contributed by atoms with van der Waals surface area (Å²) in [5.74, 6) is 1.84. The Morgan fingerprint density at radius 3 is 2.43 bits per heavy atom. The summed E-state index contributed by atoms with van der Waals surface area (Å²) in [4.78, 5) is 14.8. The lowest BCUT2D eigenvalue weighted by Gasteiger charge is -2.64. The fourth-order valence-electron chi connectivity index (χ4n) is 14.6. The maximum atomic E-state index is 12.6. The van der Waals surface area contributed by atoms with Crippen LogP contribution in [0.15, 0.2) is 0 Å². The van der Waals surface area contributed by atoms with Gasteiger partial charge in [-0.25, -0.2) is 4.79 Å². The largest absolute Gasteiger partial charge is 0.441 e. The van der Waals surface area contributed by atoms with Gasteiger partial charge in [0.25, 0.3) is 0 Å². The van der Waals surface area contributed by atoms with Crippen molar-refractivity contribution >= 4 is 6.09 Å². The van der Waals surface area contributed by atoms with Crippen LogP contribution >= 0.6 is 0 Å². The van der Waals surface area contributed by atoms with Gasteiger partial charge in [0.05, 0.1) is 62.9 Å². The highest BCUT2D eigenvalue weighted by atomic mass is 16.7. The monoisotopic (exact) mass is 656 g/mol. The molecule has 0 bridgehead atoms. The minimum atomic E-state index is -0.634. The molecule has 1 amide bonds. The second kappa shape index (κ2) is 10.1. The molecular weight excluding hydrogens is 596 g/mol. The van der Waals surface area contributed by atoms with Crippen LogP contribution in [0.1, 0.15) is 99.8 Å². The van der Waals surface area contributed by atoms with Gasteiger partial charge in [-0.15, -0.1) is 0 Å². The van der Waals surface area contributed by atoms with Gasteiger partial charge in [-0.2, -0.15) is 0 Å². The van der Waals surface area contributed by atoms with Crippen molar-refractivity contribution in [1.82, 2.24) is 10.2 Å². The summed E-state index contributed by atoms with van der Waals surface area (Å²) < 4.78 is 31.2. The van der Waals surface area contributed by atoms with Gasteiger partial charge in [0.1, 0.15) is 5.60 Å². The van der Waals surface area contributed by atoms with Crippen LogP contribution in [0.25, 0.3) is 0 Å². The van der Waals surface area contributed by atoms with E-state index < -0.39 is 11.7 Å². The Hall–Kier alpha value is -0.970. The highest BCUT2D eigenvalue weighted by Gasteiger charge is 2.84. The zero-order valence-electron chi connectivity index (χ0n) is 29.9. The van der Waals surface area contributed by atoms with Gasteiger partial charge in [0, 0.05) is 12.0 Å². The lowest BCUT2D eigenvalue weighted by molar-refractivity contribution is -0.256. The van der Waals surface area contributed by atoms with E-state index in [1.54, 1.807) is 0 Å². The van der Waals surface area contributed by atoms with Crippen LogP contribution in [-0.4, -0.2) is 97.4 Å². The lowest BCUT2D eigenvalue weighted by atomic mass is 9.41. The first-order valence-corrected chi connectivity index (χ1v) is 19.1. The molecule has 9 nitrogen and oxygen atoms in total. The molecule has 0 radical (unpaired) electrons. The number of amides is 1. The Bertz CT molecular complexity index is 1300. The Balaban J connectivity index is 0.956. The lowest BCUT2D eigenvalue weighted by Crippen LogP contribution is -2.60. The number of cyclic esters (lactones) is 1. The Morgan fingerprint density at radius 2 is 1.72 bits per heavy atom. The third-order valence-electron chi connectivity index (χ3n) is 17.0. The van der Waals surface area contributed by atoms with Gasteiger partial charge < -0.3 is 34.1 Å². The summed E-state index contributed by atoms with van der Waals surface area (Å²) in [5.41, 5.74) is -0.0842. The molecule has 264 valence electrons. The highest BCUT2D eigenvalue weighted by molar-refractivity contribution is 5.71. The van der Waals surface area contributed by atoms with E-state index in [0.29, 0.717) is 40.5 Å². The molecule has 5 saturated carbocycles. The van der Waals surface area contributed by atoms with Gasteiger partial charge >= 0.3 is 6.09 Å². The van der Waals surface area contributed by atoms with E-state index in [2.05, 4.69) is 44.8 Å². The molecule has 2 spiro atoms. The first kappa shape index (κ1) is 32.0. The van der Waals surface area contributed by atoms with E-state index in [1.807, 2.05) is 13.8 Å². The van der Waals surface area contributed by atoms with E-state index in [0.717, 1.165) is 52.2 Å². The number of nitrogens with one attached hydrogen (secondary N) is 1. The molecule has 2 N–H and O–H groups in total. The third kappa shape index (κ3) is 4.02. The number of hydrogen-bond acceptors (Lipinski definition) is 8. The molecule has 14 unspecified atom stereocenters. The number of rotatable bonds is 4. The number of aliphatic hydroxyl groups is 1. The minimum Gasteiger partial charge on any atom is -0.441 e. The fourth-order valence-corrected chi connectivity index (χ4v) is 14.6. The Kier molecular flexibility index (Phi) is 6.86. The van der Waals surface area contributed by atoms with Crippen molar-refractivity contribution in [2.45, 2.75) is 148 Å². The molecule has 47 heavy (non-hydrogen) atoms. The van der Waals surface area contributed by atoms with E-state index in [-0.39, 0.29) is 53.0 Å². The van der Waals surface area contributed by atoms with Crippen molar-refractivity contribution in [1.29, 1.82) is 0 Å². The maximum absolute atomic E-state index is 12.6. The fraction of sp³-hybridized carbons (Fsp3) is 0.974. The summed E-state index contributed by atoms with van der Waals surface area (Å²) in [6.45, 7) is 20.5. The Morgan fingerprint density at radius 1 is 0.979 bits per heavy atom. The van der Waals surface area contributed by atoms with Crippen molar-refractivity contribution in [3.8, 4) is 0 Å². The zero-order chi connectivity index (χ0) is 32.9. The van der Waals surface area contributed by atoms with E-state index in [9.17, 15) is 9.90 Å². The number of alkyl carbamates (subject to hydrolysis) is 1. The van der Waals surface area contributed by atoms with Gasteiger partial charge in [0.2, 0.25) is 0 Å². The number of fused-ring (bicyclic) bond motifs is 4. The SMILES string of the molecule is CC1CC(C2NC(=O)OC2(C)C)OC2C1C1(C)CCC34CC35CCC(OC3CN(C6COC6)CCO3)C(C)(C)C5CCC4C1(C)C2O. The van der Waals surface area contributed by atoms with Crippen molar-refractivity contribution in [3.05, 3.63) is 0 Å². The summed E-state index contributed by atoms with van der Waals surface area (Å²) in [7, 11) is 0. The third-order valence-corrected chi connectivity index (χ3v) is 17.0. The van der Waals surface area contributed by atoms with Gasteiger partial charge in [-0.1, -0.05) is 34.6 Å². The van der Waals surface area contributed by atoms with Crippen LogP contribution in [0.4, 0.5) is 4.79 Å². The molecular formula is C38H60N2O7. The van der Waals surface area contributed by atoms with Crippen LogP contribution in [0.5, 0.6) is 0 Å². The van der Waals surface area contributed by atoms with Crippen molar-refractivity contribution in [3.63, 3.8) is 0 Å². The average molecular weight is 657 g/mol. The molecule has 0 aromatic rings. The number of morpholine rings is 1.